The van der Waals surface area contributed by atoms with Gasteiger partial charge in [-0.15, -0.1) is 0 Å². The van der Waals surface area contributed by atoms with Gasteiger partial charge in [-0.05, 0) is 196 Å². The average molecular weight is 1140 g/mol. The molecule has 81 heavy (non-hydrogen) atoms. The molecular weight excluding hydrogens is 1030 g/mol. The van der Waals surface area contributed by atoms with Crippen molar-refractivity contribution in [2.75, 3.05) is 27.0 Å². The van der Waals surface area contributed by atoms with Gasteiger partial charge in [0.05, 0.1) is 53.8 Å². The second kappa shape index (κ2) is 28.3. The molecule has 0 spiro atoms. The minimum absolute atomic E-state index is 0.0602. The molecule has 15 heteroatoms. The van der Waals surface area contributed by atoms with Crippen LogP contribution in [0.4, 0.5) is 0 Å². The highest BCUT2D eigenvalue weighted by atomic mass is 16.7. The fourth-order valence-corrected chi connectivity index (χ4v) is 17.4. The highest BCUT2D eigenvalue weighted by Gasteiger charge is 2.55. The predicted molar refractivity (Wildman–Crippen MR) is 301 cm³/mol. The first-order valence-electron chi connectivity index (χ1n) is 32.9. The van der Waals surface area contributed by atoms with Crippen LogP contribution in [0.3, 0.4) is 0 Å². The first kappa shape index (κ1) is 62.2. The Labute approximate surface area is 484 Å². The van der Waals surface area contributed by atoms with E-state index in [1.165, 1.54) is 77.0 Å². The van der Waals surface area contributed by atoms with Gasteiger partial charge < -0.3 is 42.6 Å². The minimum atomic E-state index is -0.467. The molecule has 14 unspecified atom stereocenters. The van der Waals surface area contributed by atoms with E-state index in [-0.39, 0.29) is 134 Å². The van der Waals surface area contributed by atoms with Crippen molar-refractivity contribution in [2.24, 2.45) is 93.7 Å². The number of rotatable bonds is 22. The van der Waals surface area contributed by atoms with E-state index in [2.05, 4.69) is 0 Å². The summed E-state index contributed by atoms with van der Waals surface area (Å²) in [6.45, 7) is 14.5. The number of fused-ring (bicyclic) bond motifs is 6. The van der Waals surface area contributed by atoms with Crippen LogP contribution in [0.15, 0.2) is 0 Å². The van der Waals surface area contributed by atoms with E-state index in [1.54, 1.807) is 0 Å². The molecule has 12 saturated carbocycles. The zero-order valence-electron chi connectivity index (χ0n) is 50.7. The summed E-state index contributed by atoms with van der Waals surface area (Å²) in [6.07, 6.45) is 30.5. The van der Waals surface area contributed by atoms with E-state index in [0.29, 0.717) is 23.2 Å². The van der Waals surface area contributed by atoms with Gasteiger partial charge in [0.15, 0.2) is 20.4 Å². The van der Waals surface area contributed by atoms with Gasteiger partial charge in [-0.2, -0.15) is 0 Å². The molecule has 0 aromatic rings. The van der Waals surface area contributed by atoms with Gasteiger partial charge in [-0.3, -0.25) is 28.8 Å². The molecule has 0 N–H and O–H groups in total. The Morgan fingerprint density at radius 3 is 1.19 bits per heavy atom. The van der Waals surface area contributed by atoms with Crippen molar-refractivity contribution >= 4 is 35.8 Å². The molecule has 12 fully saturated rings. The van der Waals surface area contributed by atoms with E-state index < -0.39 is 5.41 Å². The lowest BCUT2D eigenvalue weighted by Crippen LogP contribution is -2.48. The zero-order chi connectivity index (χ0) is 57.4. The van der Waals surface area contributed by atoms with Crippen LogP contribution in [0.5, 0.6) is 0 Å². The molecule has 0 heterocycles. The number of carbonyl (C=O) groups is 6. The van der Waals surface area contributed by atoms with E-state index in [9.17, 15) is 28.8 Å². The quantitative estimate of drug-likeness (QED) is 0.0431. The van der Waals surface area contributed by atoms with Crippen molar-refractivity contribution in [3.63, 3.8) is 0 Å². The summed E-state index contributed by atoms with van der Waals surface area (Å²) in [5.74, 6) is 3.04. The predicted octanol–water partition coefficient (Wildman–Crippen LogP) is 12.8. The number of hydrogen-bond acceptors (Lipinski definition) is 15. The largest absolute Gasteiger partial charge is 0.462 e. The molecule has 0 aromatic carbocycles. The van der Waals surface area contributed by atoms with Crippen LogP contribution in [0.25, 0.3) is 0 Å². The van der Waals surface area contributed by atoms with Crippen molar-refractivity contribution in [1.29, 1.82) is 0 Å². The Kier molecular flexibility index (Phi) is 21.7. The summed E-state index contributed by atoms with van der Waals surface area (Å²) < 4.78 is 51.0. The van der Waals surface area contributed by atoms with E-state index in [4.69, 9.17) is 42.6 Å². The summed E-state index contributed by atoms with van der Waals surface area (Å²) >= 11 is 0. The Morgan fingerprint density at radius 1 is 0.457 bits per heavy atom. The lowest BCUT2D eigenvalue weighted by atomic mass is 9.50. The Hall–Kier alpha value is -3.30. The van der Waals surface area contributed by atoms with Crippen molar-refractivity contribution < 1.29 is 71.4 Å². The molecule has 12 aliphatic rings. The average Bonchev–Trinajstić information content (AvgIpc) is 4.47. The number of hydrogen-bond donors (Lipinski definition) is 0. The first-order valence-corrected chi connectivity index (χ1v) is 32.9. The molecule has 12 aliphatic carbocycles. The third kappa shape index (κ3) is 15.8. The van der Waals surface area contributed by atoms with Crippen molar-refractivity contribution in [1.82, 2.24) is 0 Å². The topological polar surface area (TPSA) is 185 Å². The van der Waals surface area contributed by atoms with Gasteiger partial charge in [0, 0.05) is 17.8 Å². The Bertz CT molecular complexity index is 2080. The molecule has 458 valence electrons. The van der Waals surface area contributed by atoms with Gasteiger partial charge in [-0.1, -0.05) is 73.1 Å². The molecule has 15 nitrogen and oxygen atoms in total. The minimum Gasteiger partial charge on any atom is -0.462 e. The normalized spacial score (nSPS) is 36.9. The molecule has 0 saturated heterocycles. The maximum atomic E-state index is 12.7. The monoisotopic (exact) mass is 1140 g/mol. The standard InChI is InChI=1S/C25H38O5.C21H34O5.C20H32O5/c1-3-15(2)23(26)30-22-9-16-7-20(22)21(8-16)24(27)29-14-28-13-25-10-17-4-18(11-25)6-19(5-17)12-25;1-4-21(2,3)20(23)26-18-12-14-10-16(18)17(11-14)19(22)25-13-24-15-8-6-5-7-9-15;1-3-13(2)19(21)25-18-11-14-9-16(18)17(10-14)20(22)24-12-23-15-7-5-4-6-8-15/h15-22H,3-14H2,1-2H3;14-18H,4-13H2,1-3H3;13-18H,3-12H2,1-2H3. The second-order valence-corrected chi connectivity index (χ2v) is 28.6. The smallest absolute Gasteiger partial charge is 0.311 e. The highest BCUT2D eigenvalue weighted by Crippen LogP contribution is 2.60. The van der Waals surface area contributed by atoms with Crippen molar-refractivity contribution in [3.05, 3.63) is 0 Å². The lowest BCUT2D eigenvalue weighted by molar-refractivity contribution is -0.176. The van der Waals surface area contributed by atoms with Gasteiger partial charge >= 0.3 is 35.8 Å². The number of ether oxygens (including phenoxy) is 9. The van der Waals surface area contributed by atoms with Crippen LogP contribution < -0.4 is 0 Å². The van der Waals surface area contributed by atoms with Gasteiger partial charge in [0.1, 0.15) is 18.3 Å². The summed E-state index contributed by atoms with van der Waals surface area (Å²) in [5.41, 5.74) is -0.117. The Morgan fingerprint density at radius 2 is 0.827 bits per heavy atom. The van der Waals surface area contributed by atoms with Crippen LogP contribution in [0, 0.1) is 93.7 Å². The maximum Gasteiger partial charge on any atom is 0.311 e. The third-order valence-corrected chi connectivity index (χ3v) is 22.4. The van der Waals surface area contributed by atoms with Crippen LogP contribution in [-0.2, 0) is 71.4 Å². The van der Waals surface area contributed by atoms with Crippen LogP contribution in [0.1, 0.15) is 228 Å². The molecule has 12 rings (SSSR count). The molecule has 0 aliphatic heterocycles. The van der Waals surface area contributed by atoms with E-state index in [0.717, 1.165) is 127 Å². The van der Waals surface area contributed by atoms with Crippen molar-refractivity contribution in [2.45, 2.75) is 259 Å². The SMILES string of the molecule is CCC(C)(C)C(=O)OC1CC2CC(C(=O)OCOC3CCCCC3)C1C2.CCC(C)C(=O)OC1CC2CC(C(=O)OCOC3CCCCC3)C1C2.CCC(C)C(=O)OC1CC2CC(C(=O)OCOCC34CC5CC(CC(C5)C3)C4)C1C2. The highest BCUT2D eigenvalue weighted by molar-refractivity contribution is 5.77. The Balaban J connectivity index is 0.000000148. The summed E-state index contributed by atoms with van der Waals surface area (Å²) in [5, 5.41) is 0. The lowest BCUT2D eigenvalue weighted by Gasteiger charge is -2.56. The first-order chi connectivity index (χ1) is 38.9. The van der Waals surface area contributed by atoms with Gasteiger partial charge in [0.25, 0.3) is 0 Å². The number of esters is 6. The fraction of sp³-hybridized carbons (Fsp3) is 0.909. The molecule has 0 aromatic heterocycles. The maximum absolute atomic E-state index is 12.7. The molecule has 14 atom stereocenters. The van der Waals surface area contributed by atoms with Crippen LogP contribution >= 0.6 is 0 Å². The number of carbonyl (C=O) groups excluding carboxylic acids is 6. The van der Waals surface area contributed by atoms with E-state index in [1.807, 2.05) is 48.5 Å². The molecule has 0 amide bonds. The van der Waals surface area contributed by atoms with E-state index >= 15 is 0 Å². The molecule has 0 radical (unpaired) electrons. The third-order valence-electron chi connectivity index (χ3n) is 22.4. The summed E-state index contributed by atoms with van der Waals surface area (Å²) in [4.78, 5) is 74.4. The summed E-state index contributed by atoms with van der Waals surface area (Å²) in [6, 6.07) is 0. The van der Waals surface area contributed by atoms with Gasteiger partial charge in [0.2, 0.25) is 0 Å². The van der Waals surface area contributed by atoms with Crippen LogP contribution in [0.2, 0.25) is 0 Å². The fourth-order valence-electron chi connectivity index (χ4n) is 17.4. The van der Waals surface area contributed by atoms with Crippen molar-refractivity contribution in [3.8, 4) is 0 Å². The second-order valence-electron chi connectivity index (χ2n) is 28.6. The van der Waals surface area contributed by atoms with Crippen LogP contribution in [-0.4, -0.2) is 93.3 Å². The molecule has 10 bridgehead atoms. The molecular formula is C66H104O15. The zero-order valence-corrected chi connectivity index (χ0v) is 50.7. The summed E-state index contributed by atoms with van der Waals surface area (Å²) in [7, 11) is 0. The van der Waals surface area contributed by atoms with Gasteiger partial charge in [-0.25, -0.2) is 0 Å².